The number of nitrogens with zero attached hydrogens (tertiary/aromatic N) is 4. The normalized spacial score (nSPS) is 27.7. The van der Waals surface area contributed by atoms with Gasteiger partial charge in [0, 0.05) is 24.8 Å². The minimum absolute atomic E-state index is 0.643. The third kappa shape index (κ3) is 2.78. The molecule has 0 aliphatic carbocycles. The first-order valence-corrected chi connectivity index (χ1v) is 7.77. The molecular weight excluding hydrogens is 262 g/mol. The van der Waals surface area contributed by atoms with E-state index in [2.05, 4.69) is 44.6 Å². The van der Waals surface area contributed by atoms with Gasteiger partial charge in [-0.2, -0.15) is 5.10 Å². The number of nitrogens with one attached hydrogen (secondary N) is 1. The van der Waals surface area contributed by atoms with E-state index in [0.717, 1.165) is 12.5 Å². The maximum absolute atomic E-state index is 4.14. The molecule has 5 nitrogen and oxygen atoms in total. The van der Waals surface area contributed by atoms with Crippen LogP contribution in [0.2, 0.25) is 0 Å². The molecule has 2 bridgehead atoms. The van der Waals surface area contributed by atoms with E-state index in [1.165, 1.54) is 43.7 Å². The van der Waals surface area contributed by atoms with E-state index < -0.39 is 0 Å². The molecule has 2 aliphatic rings. The van der Waals surface area contributed by atoms with Crippen LogP contribution in [0.3, 0.4) is 0 Å². The van der Waals surface area contributed by atoms with Crippen LogP contribution in [0.1, 0.15) is 18.4 Å². The molecule has 3 unspecified atom stereocenters. The van der Waals surface area contributed by atoms with Crippen molar-refractivity contribution in [1.29, 1.82) is 0 Å². The standard InChI is InChI=1S/C16H21N5/c1-3-15(4-2-13(1)9-21-12-17-11-18-21)19-16-6-8-20-7-5-14(16)10-20/h1-4,11-12,14,16,19H,5-10H2. The molecule has 1 aromatic carbocycles. The molecule has 4 rings (SSSR count). The first-order valence-electron chi connectivity index (χ1n) is 7.77. The van der Waals surface area contributed by atoms with E-state index in [4.69, 9.17) is 0 Å². The Morgan fingerprint density at radius 3 is 2.81 bits per heavy atom. The molecule has 2 aromatic rings. The van der Waals surface area contributed by atoms with Gasteiger partial charge in [0.2, 0.25) is 0 Å². The highest BCUT2D eigenvalue weighted by molar-refractivity contribution is 5.45. The van der Waals surface area contributed by atoms with Gasteiger partial charge < -0.3 is 10.2 Å². The van der Waals surface area contributed by atoms with Crippen molar-refractivity contribution in [3.05, 3.63) is 42.5 Å². The number of anilines is 1. The van der Waals surface area contributed by atoms with Gasteiger partial charge in [0.05, 0.1) is 6.54 Å². The zero-order chi connectivity index (χ0) is 14.1. The molecule has 0 saturated carbocycles. The second-order valence-corrected chi connectivity index (χ2v) is 6.18. The first kappa shape index (κ1) is 12.8. The highest BCUT2D eigenvalue weighted by Gasteiger charge is 2.33. The van der Waals surface area contributed by atoms with Crippen LogP contribution < -0.4 is 5.32 Å². The summed E-state index contributed by atoms with van der Waals surface area (Å²) in [5.74, 6) is 0.827. The molecule has 5 heteroatoms. The van der Waals surface area contributed by atoms with Gasteiger partial charge in [0.15, 0.2) is 0 Å². The summed E-state index contributed by atoms with van der Waals surface area (Å²) in [6.45, 7) is 4.60. The van der Waals surface area contributed by atoms with Crippen LogP contribution >= 0.6 is 0 Å². The number of benzene rings is 1. The molecule has 2 fully saturated rings. The van der Waals surface area contributed by atoms with Crippen LogP contribution in [0, 0.1) is 5.92 Å². The largest absolute Gasteiger partial charge is 0.382 e. The molecule has 0 amide bonds. The topological polar surface area (TPSA) is 46.0 Å². The van der Waals surface area contributed by atoms with Crippen molar-refractivity contribution in [2.45, 2.75) is 25.4 Å². The number of fused-ring (bicyclic) bond motifs is 2. The highest BCUT2D eigenvalue weighted by Crippen LogP contribution is 2.29. The van der Waals surface area contributed by atoms with Crippen molar-refractivity contribution in [3.8, 4) is 0 Å². The fourth-order valence-corrected chi connectivity index (χ4v) is 3.56. The van der Waals surface area contributed by atoms with E-state index >= 15 is 0 Å². The summed E-state index contributed by atoms with van der Waals surface area (Å²) in [7, 11) is 0. The number of hydrogen-bond acceptors (Lipinski definition) is 4. The molecule has 1 N–H and O–H groups in total. The van der Waals surface area contributed by atoms with Gasteiger partial charge in [0.1, 0.15) is 12.7 Å². The van der Waals surface area contributed by atoms with Crippen molar-refractivity contribution in [1.82, 2.24) is 19.7 Å². The lowest BCUT2D eigenvalue weighted by Crippen LogP contribution is -2.39. The highest BCUT2D eigenvalue weighted by atomic mass is 15.3. The minimum atomic E-state index is 0.643. The molecule has 3 atom stereocenters. The second kappa shape index (κ2) is 5.48. The van der Waals surface area contributed by atoms with Crippen LogP contribution in [0.5, 0.6) is 0 Å². The Bertz CT molecular complexity index is 577. The third-order valence-corrected chi connectivity index (χ3v) is 4.75. The average molecular weight is 283 g/mol. The summed E-state index contributed by atoms with van der Waals surface area (Å²) >= 11 is 0. The summed E-state index contributed by atoms with van der Waals surface area (Å²) in [6, 6.07) is 9.37. The Kier molecular flexibility index (Phi) is 3.35. The van der Waals surface area contributed by atoms with E-state index in [1.807, 2.05) is 4.68 Å². The Morgan fingerprint density at radius 1 is 1.14 bits per heavy atom. The summed E-state index contributed by atoms with van der Waals surface area (Å²) < 4.78 is 1.84. The van der Waals surface area contributed by atoms with Gasteiger partial charge in [0.25, 0.3) is 0 Å². The maximum Gasteiger partial charge on any atom is 0.137 e. The number of hydrogen-bond donors (Lipinski definition) is 1. The quantitative estimate of drug-likeness (QED) is 0.930. The number of piperidine rings is 1. The van der Waals surface area contributed by atoms with E-state index in [-0.39, 0.29) is 0 Å². The molecule has 0 radical (unpaired) electrons. The molecule has 0 spiro atoms. The Balaban J connectivity index is 1.39. The molecule has 2 saturated heterocycles. The lowest BCUT2D eigenvalue weighted by atomic mass is 9.94. The first-order chi connectivity index (χ1) is 10.4. The number of aromatic nitrogens is 3. The summed E-state index contributed by atoms with van der Waals surface area (Å²) in [5, 5.41) is 7.87. The molecule has 2 aliphatic heterocycles. The fraction of sp³-hybridized carbons (Fsp3) is 0.500. The Labute approximate surface area is 125 Å². The van der Waals surface area contributed by atoms with Crippen molar-refractivity contribution in [2.75, 3.05) is 25.0 Å². The van der Waals surface area contributed by atoms with Crippen LogP contribution in [0.25, 0.3) is 0 Å². The van der Waals surface area contributed by atoms with Crippen molar-refractivity contribution in [2.24, 2.45) is 5.92 Å². The van der Waals surface area contributed by atoms with Gasteiger partial charge in [-0.15, -0.1) is 0 Å². The summed E-state index contributed by atoms with van der Waals surface area (Å²) in [5.41, 5.74) is 2.49. The van der Waals surface area contributed by atoms with Crippen molar-refractivity contribution in [3.63, 3.8) is 0 Å². The monoisotopic (exact) mass is 283 g/mol. The van der Waals surface area contributed by atoms with E-state index in [0.29, 0.717) is 6.04 Å². The average Bonchev–Trinajstić information content (AvgIpc) is 3.14. The molecule has 21 heavy (non-hydrogen) atoms. The van der Waals surface area contributed by atoms with Gasteiger partial charge in [-0.1, -0.05) is 12.1 Å². The van der Waals surface area contributed by atoms with Crippen LogP contribution in [-0.2, 0) is 6.54 Å². The molecule has 110 valence electrons. The zero-order valence-electron chi connectivity index (χ0n) is 12.2. The number of rotatable bonds is 4. The smallest absolute Gasteiger partial charge is 0.137 e. The van der Waals surface area contributed by atoms with Crippen molar-refractivity contribution >= 4 is 5.69 Å². The second-order valence-electron chi connectivity index (χ2n) is 6.18. The zero-order valence-corrected chi connectivity index (χ0v) is 12.2. The third-order valence-electron chi connectivity index (χ3n) is 4.75. The SMILES string of the molecule is c1ncn(Cc2ccc(NC3CCN4CCC3C4)cc2)n1. The Morgan fingerprint density at radius 2 is 2.00 bits per heavy atom. The molecule has 1 aromatic heterocycles. The van der Waals surface area contributed by atoms with Gasteiger partial charge in [-0.25, -0.2) is 9.67 Å². The van der Waals surface area contributed by atoms with Crippen LogP contribution in [-0.4, -0.2) is 45.3 Å². The summed E-state index contributed by atoms with van der Waals surface area (Å²) in [4.78, 5) is 6.56. The van der Waals surface area contributed by atoms with Gasteiger partial charge in [-0.3, -0.25) is 0 Å². The predicted octanol–water partition coefficient (Wildman–Crippen LogP) is 1.83. The van der Waals surface area contributed by atoms with E-state index in [9.17, 15) is 0 Å². The lowest BCUT2D eigenvalue weighted by molar-refractivity contribution is 0.255. The molecular formula is C16H21N5. The van der Waals surface area contributed by atoms with Gasteiger partial charge >= 0.3 is 0 Å². The fourth-order valence-electron chi connectivity index (χ4n) is 3.56. The molecule has 3 heterocycles. The van der Waals surface area contributed by atoms with E-state index in [1.54, 1.807) is 12.7 Å². The lowest BCUT2D eigenvalue weighted by Gasteiger charge is -2.31. The van der Waals surface area contributed by atoms with Gasteiger partial charge in [-0.05, 0) is 43.0 Å². The minimum Gasteiger partial charge on any atom is -0.382 e. The maximum atomic E-state index is 4.14. The Hall–Kier alpha value is -1.88. The predicted molar refractivity (Wildman–Crippen MR) is 82.1 cm³/mol. The van der Waals surface area contributed by atoms with Crippen molar-refractivity contribution < 1.29 is 0 Å². The summed E-state index contributed by atoms with van der Waals surface area (Å²) in [6.07, 6.45) is 5.94. The van der Waals surface area contributed by atoms with Crippen LogP contribution in [0.15, 0.2) is 36.9 Å². The van der Waals surface area contributed by atoms with Crippen LogP contribution in [0.4, 0.5) is 5.69 Å².